The van der Waals surface area contributed by atoms with E-state index in [4.69, 9.17) is 14.5 Å². The van der Waals surface area contributed by atoms with Gasteiger partial charge in [-0.2, -0.15) is 15.1 Å². The zero-order chi connectivity index (χ0) is 21.8. The topological polar surface area (TPSA) is 103 Å². The van der Waals surface area contributed by atoms with Gasteiger partial charge in [0.05, 0.1) is 19.9 Å². The minimum absolute atomic E-state index is 0.456. The van der Waals surface area contributed by atoms with E-state index in [1.54, 1.807) is 14.2 Å². The van der Waals surface area contributed by atoms with Crippen molar-refractivity contribution in [1.29, 1.82) is 0 Å². The van der Waals surface area contributed by atoms with Gasteiger partial charge in [-0.25, -0.2) is 0 Å². The number of benzene rings is 1. The van der Waals surface area contributed by atoms with Gasteiger partial charge in [0.2, 0.25) is 5.95 Å². The molecule has 3 heterocycles. The molecule has 0 unspecified atom stereocenters. The zero-order valence-corrected chi connectivity index (χ0v) is 18.3. The summed E-state index contributed by atoms with van der Waals surface area (Å²) in [4.78, 5) is 14.0. The number of rotatable bonds is 7. The molecule has 1 aliphatic heterocycles. The number of aromatic amines is 1. The molecular formula is C21H28N8O2. The molecule has 1 saturated heterocycles. The van der Waals surface area contributed by atoms with Crippen LogP contribution in [-0.2, 0) is 0 Å². The van der Waals surface area contributed by atoms with Crippen LogP contribution in [0.4, 0.5) is 29.1 Å². The first-order chi connectivity index (χ1) is 15.0. The summed E-state index contributed by atoms with van der Waals surface area (Å²) in [6, 6.07) is 9.42. The van der Waals surface area contributed by atoms with Crippen LogP contribution < -0.4 is 25.0 Å². The number of nitrogens with zero attached hydrogens (tertiary/aromatic N) is 5. The fourth-order valence-corrected chi connectivity index (χ4v) is 3.40. The van der Waals surface area contributed by atoms with Crippen LogP contribution in [0, 0.1) is 6.92 Å². The number of piperazine rings is 1. The Morgan fingerprint density at radius 2 is 1.74 bits per heavy atom. The standard InChI is InChI=1S/C21H28N8O2/c1-14-11-19(27-26-14)23-18-13-20(29-9-7-28(2)8-10-29)25-21(24-18)22-16-12-15(30-3)5-6-17(16)31-4/h5-6,11-13H,7-10H2,1-4H3,(H3,22,23,24,25,26,27). The maximum Gasteiger partial charge on any atom is 0.231 e. The minimum atomic E-state index is 0.456. The van der Waals surface area contributed by atoms with Crippen molar-refractivity contribution in [1.82, 2.24) is 25.1 Å². The van der Waals surface area contributed by atoms with Gasteiger partial charge in [-0.05, 0) is 26.1 Å². The lowest BCUT2D eigenvalue weighted by atomic mass is 10.2. The highest BCUT2D eigenvalue weighted by Crippen LogP contribution is 2.32. The summed E-state index contributed by atoms with van der Waals surface area (Å²) in [5.41, 5.74) is 1.69. The van der Waals surface area contributed by atoms with Gasteiger partial charge in [0, 0.05) is 50.1 Å². The molecule has 0 spiro atoms. The largest absolute Gasteiger partial charge is 0.497 e. The lowest BCUT2D eigenvalue weighted by molar-refractivity contribution is 0.312. The molecule has 1 aliphatic rings. The second kappa shape index (κ2) is 9.09. The van der Waals surface area contributed by atoms with Gasteiger partial charge in [0.25, 0.3) is 0 Å². The average molecular weight is 425 g/mol. The molecular weight excluding hydrogens is 396 g/mol. The highest BCUT2D eigenvalue weighted by molar-refractivity contribution is 5.68. The Bertz CT molecular complexity index is 1030. The third kappa shape index (κ3) is 4.97. The predicted molar refractivity (Wildman–Crippen MR) is 121 cm³/mol. The van der Waals surface area contributed by atoms with Gasteiger partial charge in [-0.15, -0.1) is 0 Å². The number of aromatic nitrogens is 4. The van der Waals surface area contributed by atoms with Gasteiger partial charge >= 0.3 is 0 Å². The normalized spacial score (nSPS) is 14.4. The fourth-order valence-electron chi connectivity index (χ4n) is 3.40. The number of methoxy groups -OCH3 is 2. The lowest BCUT2D eigenvalue weighted by Crippen LogP contribution is -2.44. The summed E-state index contributed by atoms with van der Waals surface area (Å²) in [6.07, 6.45) is 0. The Morgan fingerprint density at radius 1 is 0.935 bits per heavy atom. The van der Waals surface area contributed by atoms with Crippen LogP contribution >= 0.6 is 0 Å². The number of hydrogen-bond acceptors (Lipinski definition) is 9. The molecule has 3 N–H and O–H groups in total. The fraction of sp³-hybridized carbons (Fsp3) is 0.381. The summed E-state index contributed by atoms with van der Waals surface area (Å²) in [7, 11) is 5.39. The molecule has 0 bridgehead atoms. The van der Waals surface area contributed by atoms with Crippen LogP contribution in [0.15, 0.2) is 30.3 Å². The minimum Gasteiger partial charge on any atom is -0.497 e. The molecule has 1 aromatic carbocycles. The first-order valence-corrected chi connectivity index (χ1v) is 10.1. The lowest BCUT2D eigenvalue weighted by Gasteiger charge is -2.33. The van der Waals surface area contributed by atoms with E-state index in [2.05, 4.69) is 42.7 Å². The van der Waals surface area contributed by atoms with E-state index < -0.39 is 0 Å². The van der Waals surface area contributed by atoms with E-state index in [1.165, 1.54) is 0 Å². The summed E-state index contributed by atoms with van der Waals surface area (Å²) >= 11 is 0. The molecule has 3 aromatic rings. The molecule has 31 heavy (non-hydrogen) atoms. The number of aryl methyl sites for hydroxylation is 1. The second-order valence-electron chi connectivity index (χ2n) is 7.48. The van der Waals surface area contributed by atoms with E-state index in [1.807, 2.05) is 37.3 Å². The number of H-pyrrole nitrogens is 1. The van der Waals surface area contributed by atoms with Gasteiger partial charge in [-0.3, -0.25) is 5.10 Å². The average Bonchev–Trinajstić information content (AvgIpc) is 3.18. The highest BCUT2D eigenvalue weighted by Gasteiger charge is 2.18. The van der Waals surface area contributed by atoms with E-state index in [-0.39, 0.29) is 0 Å². The molecule has 0 amide bonds. The van der Waals surface area contributed by atoms with Crippen molar-refractivity contribution in [3.8, 4) is 11.5 Å². The van der Waals surface area contributed by atoms with Gasteiger partial charge < -0.3 is 29.9 Å². The molecule has 1 fully saturated rings. The second-order valence-corrected chi connectivity index (χ2v) is 7.48. The van der Waals surface area contributed by atoms with E-state index >= 15 is 0 Å². The Kier molecular flexibility index (Phi) is 6.08. The van der Waals surface area contributed by atoms with Crippen molar-refractivity contribution < 1.29 is 9.47 Å². The molecule has 10 nitrogen and oxygen atoms in total. The SMILES string of the molecule is COc1ccc(OC)c(Nc2nc(Nc3cc(C)[nH]n3)cc(N3CCN(C)CC3)n2)c1. The van der Waals surface area contributed by atoms with Crippen molar-refractivity contribution in [2.75, 3.05) is 63.0 Å². The molecule has 164 valence electrons. The molecule has 4 rings (SSSR count). The molecule has 0 atom stereocenters. The summed E-state index contributed by atoms with van der Waals surface area (Å²) in [6.45, 7) is 5.72. The van der Waals surface area contributed by atoms with Gasteiger partial charge in [0.1, 0.15) is 23.1 Å². The van der Waals surface area contributed by atoms with Crippen LogP contribution in [0.1, 0.15) is 5.69 Å². The summed E-state index contributed by atoms with van der Waals surface area (Å²) in [5.74, 6) is 4.04. The van der Waals surface area contributed by atoms with Crippen molar-refractivity contribution >= 4 is 29.1 Å². The smallest absolute Gasteiger partial charge is 0.231 e. The number of nitrogens with one attached hydrogen (secondary N) is 3. The quantitative estimate of drug-likeness (QED) is 0.528. The Hall–Kier alpha value is -3.53. The predicted octanol–water partition coefficient (Wildman–Crippen LogP) is 2.76. The van der Waals surface area contributed by atoms with Crippen molar-refractivity contribution in [2.45, 2.75) is 6.92 Å². The van der Waals surface area contributed by atoms with Crippen LogP contribution in [0.2, 0.25) is 0 Å². The van der Waals surface area contributed by atoms with E-state index in [0.717, 1.165) is 43.4 Å². The van der Waals surface area contributed by atoms with E-state index in [0.29, 0.717) is 29.1 Å². The zero-order valence-electron chi connectivity index (χ0n) is 18.3. The first-order valence-electron chi connectivity index (χ1n) is 10.1. The van der Waals surface area contributed by atoms with Gasteiger partial charge in [-0.1, -0.05) is 0 Å². The number of hydrogen-bond donors (Lipinski definition) is 3. The van der Waals surface area contributed by atoms with Crippen LogP contribution in [0.5, 0.6) is 11.5 Å². The molecule has 0 radical (unpaired) electrons. The summed E-state index contributed by atoms with van der Waals surface area (Å²) < 4.78 is 10.8. The third-order valence-corrected chi connectivity index (χ3v) is 5.16. The number of ether oxygens (including phenoxy) is 2. The first kappa shape index (κ1) is 20.7. The third-order valence-electron chi connectivity index (χ3n) is 5.16. The Balaban J connectivity index is 1.67. The maximum atomic E-state index is 5.48. The van der Waals surface area contributed by atoms with Crippen LogP contribution in [0.25, 0.3) is 0 Å². The monoisotopic (exact) mass is 424 g/mol. The highest BCUT2D eigenvalue weighted by atomic mass is 16.5. The molecule has 0 saturated carbocycles. The Labute approximate surface area is 181 Å². The summed E-state index contributed by atoms with van der Waals surface area (Å²) in [5, 5.41) is 13.7. The molecule has 10 heteroatoms. The van der Waals surface area contributed by atoms with E-state index in [9.17, 15) is 0 Å². The van der Waals surface area contributed by atoms with Crippen molar-refractivity contribution in [3.63, 3.8) is 0 Å². The molecule has 2 aromatic heterocycles. The number of anilines is 5. The van der Waals surface area contributed by atoms with Crippen molar-refractivity contribution in [2.24, 2.45) is 0 Å². The van der Waals surface area contributed by atoms with Crippen molar-refractivity contribution in [3.05, 3.63) is 36.0 Å². The van der Waals surface area contributed by atoms with Gasteiger partial charge in [0.15, 0.2) is 5.82 Å². The molecule has 0 aliphatic carbocycles. The Morgan fingerprint density at radius 3 is 2.42 bits per heavy atom. The van der Waals surface area contributed by atoms with Crippen LogP contribution in [0.3, 0.4) is 0 Å². The maximum absolute atomic E-state index is 5.48. The number of likely N-dealkylation sites (N-methyl/N-ethyl adjacent to an activating group) is 1. The van der Waals surface area contributed by atoms with Crippen LogP contribution in [-0.4, -0.2) is 72.5 Å².